The monoisotopic (exact) mass is 291 g/mol. The van der Waals surface area contributed by atoms with Gasteiger partial charge in [-0.15, -0.1) is 0 Å². The number of nitrogens with one attached hydrogen (secondary N) is 1. The van der Waals surface area contributed by atoms with Crippen LogP contribution in [0.15, 0.2) is 35.4 Å². The van der Waals surface area contributed by atoms with Crippen molar-refractivity contribution in [3.05, 3.63) is 36.2 Å². The predicted octanol–water partition coefficient (Wildman–Crippen LogP) is 1.06. The molecule has 2 aromatic heterocycles. The number of hydrogen-bond donors (Lipinski definition) is 3. The van der Waals surface area contributed by atoms with Crippen LogP contribution in [0.4, 0.5) is 0 Å². The third-order valence-electron chi connectivity index (χ3n) is 3.00. The first-order valence-electron chi connectivity index (χ1n) is 5.54. The maximum absolute atomic E-state index is 11.4. The summed E-state index contributed by atoms with van der Waals surface area (Å²) in [6.45, 7) is 0. The second-order valence-corrected chi connectivity index (χ2v) is 5.86. The fraction of sp³-hybridized carbons (Fsp3) is 0. The minimum atomic E-state index is -3.81. The Balaban J connectivity index is 2.40. The third-order valence-corrected chi connectivity index (χ3v) is 3.91. The first-order valence-corrected chi connectivity index (χ1v) is 7.08. The number of nitrogens with zero attached hydrogens (tertiary/aromatic N) is 1. The van der Waals surface area contributed by atoms with Gasteiger partial charge in [0.1, 0.15) is 5.69 Å². The molecule has 0 fully saturated rings. The Hall–Kier alpha value is -2.45. The second-order valence-electron chi connectivity index (χ2n) is 4.30. The number of sulfonamides is 1. The molecule has 102 valence electrons. The second kappa shape index (κ2) is 4.02. The standard InChI is InChI=1S/C12H9N3O4S/c13-20(18,19)6-1-2-9-7(3-6)8-4-10(12(16)17)14-5-11(8)15-9/h1-5,15H,(H,16,17)(H2,13,18,19). The van der Waals surface area contributed by atoms with Crippen molar-refractivity contribution in [3.63, 3.8) is 0 Å². The molecular formula is C12H9N3O4S. The maximum Gasteiger partial charge on any atom is 0.354 e. The molecule has 0 saturated heterocycles. The highest BCUT2D eigenvalue weighted by Gasteiger charge is 2.13. The first kappa shape index (κ1) is 12.6. The lowest BCUT2D eigenvalue weighted by molar-refractivity contribution is 0.0690. The van der Waals surface area contributed by atoms with Crippen molar-refractivity contribution < 1.29 is 18.3 Å². The molecule has 0 radical (unpaired) electrons. The van der Waals surface area contributed by atoms with Gasteiger partial charge >= 0.3 is 5.97 Å². The number of benzene rings is 1. The molecular weight excluding hydrogens is 282 g/mol. The zero-order valence-corrected chi connectivity index (χ0v) is 10.8. The third kappa shape index (κ3) is 1.91. The quantitative estimate of drug-likeness (QED) is 0.650. The molecule has 0 bridgehead atoms. The number of aromatic carboxylic acids is 1. The van der Waals surface area contributed by atoms with Gasteiger partial charge in [0, 0.05) is 16.3 Å². The normalized spacial score (nSPS) is 12.1. The van der Waals surface area contributed by atoms with Gasteiger partial charge in [-0.25, -0.2) is 23.3 Å². The van der Waals surface area contributed by atoms with Gasteiger partial charge < -0.3 is 10.1 Å². The van der Waals surface area contributed by atoms with Crippen LogP contribution in [0.2, 0.25) is 0 Å². The van der Waals surface area contributed by atoms with Crippen molar-refractivity contribution in [2.24, 2.45) is 5.14 Å². The van der Waals surface area contributed by atoms with Crippen LogP contribution in [0, 0.1) is 0 Å². The summed E-state index contributed by atoms with van der Waals surface area (Å²) in [5, 5.41) is 15.2. The number of primary sulfonamides is 1. The van der Waals surface area contributed by atoms with Gasteiger partial charge in [0.15, 0.2) is 0 Å². The van der Waals surface area contributed by atoms with Gasteiger partial charge in [-0.1, -0.05) is 0 Å². The summed E-state index contributed by atoms with van der Waals surface area (Å²) in [6.07, 6.45) is 1.40. The van der Waals surface area contributed by atoms with Gasteiger partial charge in [0.2, 0.25) is 10.0 Å². The van der Waals surface area contributed by atoms with E-state index in [0.29, 0.717) is 21.8 Å². The summed E-state index contributed by atoms with van der Waals surface area (Å²) in [4.78, 5) is 17.7. The Morgan fingerprint density at radius 1 is 1.20 bits per heavy atom. The van der Waals surface area contributed by atoms with Crippen LogP contribution in [0.5, 0.6) is 0 Å². The molecule has 0 saturated carbocycles. The van der Waals surface area contributed by atoms with Crippen LogP contribution in [0.3, 0.4) is 0 Å². The minimum Gasteiger partial charge on any atom is -0.477 e. The molecule has 3 aromatic rings. The molecule has 0 atom stereocenters. The van der Waals surface area contributed by atoms with Gasteiger partial charge in [-0.3, -0.25) is 0 Å². The predicted molar refractivity (Wildman–Crippen MR) is 71.9 cm³/mol. The van der Waals surface area contributed by atoms with Crippen molar-refractivity contribution in [1.29, 1.82) is 0 Å². The SMILES string of the molecule is NS(=O)(=O)c1ccc2[nH]c3cnc(C(=O)O)cc3c2c1. The van der Waals surface area contributed by atoms with E-state index in [0.717, 1.165) is 0 Å². The highest BCUT2D eigenvalue weighted by molar-refractivity contribution is 7.89. The molecule has 0 aliphatic carbocycles. The number of nitrogens with two attached hydrogens (primary N) is 1. The lowest BCUT2D eigenvalue weighted by Gasteiger charge is -1.98. The Kier molecular flexibility index (Phi) is 2.53. The van der Waals surface area contributed by atoms with Crippen LogP contribution >= 0.6 is 0 Å². The van der Waals surface area contributed by atoms with E-state index in [2.05, 4.69) is 9.97 Å². The maximum atomic E-state index is 11.4. The number of fused-ring (bicyclic) bond motifs is 3. The number of carboxylic acids is 1. The molecule has 4 N–H and O–H groups in total. The van der Waals surface area contributed by atoms with Crippen molar-refractivity contribution in [2.45, 2.75) is 4.90 Å². The van der Waals surface area contributed by atoms with Crippen LogP contribution in [-0.4, -0.2) is 29.5 Å². The average Bonchev–Trinajstić information content (AvgIpc) is 2.74. The summed E-state index contributed by atoms with van der Waals surface area (Å²) < 4.78 is 22.7. The van der Waals surface area contributed by atoms with E-state index in [-0.39, 0.29) is 10.6 Å². The number of pyridine rings is 1. The Morgan fingerprint density at radius 3 is 2.55 bits per heavy atom. The highest BCUT2D eigenvalue weighted by atomic mass is 32.2. The van der Waals surface area contributed by atoms with Crippen LogP contribution in [0.1, 0.15) is 10.5 Å². The number of aromatic amines is 1. The van der Waals surface area contributed by atoms with Crippen LogP contribution < -0.4 is 5.14 Å². The zero-order chi connectivity index (χ0) is 14.5. The molecule has 0 amide bonds. The Morgan fingerprint density at radius 2 is 1.90 bits per heavy atom. The molecule has 20 heavy (non-hydrogen) atoms. The Bertz CT molecular complexity index is 959. The average molecular weight is 291 g/mol. The molecule has 2 heterocycles. The lowest BCUT2D eigenvalue weighted by atomic mass is 10.1. The largest absolute Gasteiger partial charge is 0.477 e. The smallest absolute Gasteiger partial charge is 0.354 e. The van der Waals surface area contributed by atoms with E-state index in [1.54, 1.807) is 6.07 Å². The molecule has 7 nitrogen and oxygen atoms in total. The molecule has 0 spiro atoms. The number of hydrogen-bond acceptors (Lipinski definition) is 4. The van der Waals surface area contributed by atoms with Crippen molar-refractivity contribution in [3.8, 4) is 0 Å². The van der Waals surface area contributed by atoms with E-state index in [9.17, 15) is 13.2 Å². The molecule has 0 aliphatic rings. The van der Waals surface area contributed by atoms with Crippen molar-refractivity contribution in [2.75, 3.05) is 0 Å². The molecule has 1 aromatic carbocycles. The molecule has 0 unspecified atom stereocenters. The van der Waals surface area contributed by atoms with Gasteiger partial charge in [0.25, 0.3) is 0 Å². The summed E-state index contributed by atoms with van der Waals surface area (Å²) in [7, 11) is -3.81. The number of carboxylic acid groups (broad SMARTS) is 1. The molecule has 8 heteroatoms. The summed E-state index contributed by atoms with van der Waals surface area (Å²) in [5.41, 5.74) is 1.19. The van der Waals surface area contributed by atoms with E-state index in [1.165, 1.54) is 24.4 Å². The number of aromatic nitrogens is 2. The van der Waals surface area contributed by atoms with Gasteiger partial charge in [-0.2, -0.15) is 0 Å². The summed E-state index contributed by atoms with van der Waals surface area (Å²) in [6, 6.07) is 5.77. The van der Waals surface area contributed by atoms with Crippen molar-refractivity contribution in [1.82, 2.24) is 9.97 Å². The van der Waals surface area contributed by atoms with Crippen molar-refractivity contribution >= 4 is 37.8 Å². The topological polar surface area (TPSA) is 126 Å². The van der Waals surface area contributed by atoms with E-state index < -0.39 is 16.0 Å². The van der Waals surface area contributed by atoms with E-state index in [1.807, 2.05) is 0 Å². The minimum absolute atomic E-state index is 0.0282. The summed E-state index contributed by atoms with van der Waals surface area (Å²) >= 11 is 0. The molecule has 3 rings (SSSR count). The van der Waals surface area contributed by atoms with E-state index in [4.69, 9.17) is 10.2 Å². The number of H-pyrrole nitrogens is 1. The highest BCUT2D eigenvalue weighted by Crippen LogP contribution is 2.27. The van der Waals surface area contributed by atoms with Crippen LogP contribution in [-0.2, 0) is 10.0 Å². The number of carbonyl (C=O) groups is 1. The van der Waals surface area contributed by atoms with E-state index >= 15 is 0 Å². The fourth-order valence-electron chi connectivity index (χ4n) is 2.07. The van der Waals surface area contributed by atoms with Gasteiger partial charge in [0.05, 0.1) is 16.6 Å². The van der Waals surface area contributed by atoms with Crippen LogP contribution in [0.25, 0.3) is 21.8 Å². The molecule has 0 aliphatic heterocycles. The summed E-state index contributed by atoms with van der Waals surface area (Å²) in [5.74, 6) is -1.15. The van der Waals surface area contributed by atoms with Gasteiger partial charge in [-0.05, 0) is 24.3 Å². The Labute approximate surface area is 113 Å². The number of rotatable bonds is 2. The fourth-order valence-corrected chi connectivity index (χ4v) is 2.61. The zero-order valence-electron chi connectivity index (χ0n) is 9.99. The lowest BCUT2D eigenvalue weighted by Crippen LogP contribution is -2.11. The first-order chi connectivity index (χ1) is 9.36.